The van der Waals surface area contributed by atoms with Gasteiger partial charge in [-0.15, -0.1) is 0 Å². The molecule has 3 heterocycles. The van der Waals surface area contributed by atoms with E-state index in [0.29, 0.717) is 37.3 Å². The first-order chi connectivity index (χ1) is 15.7. The number of carbonyl (C=O) groups is 1. The lowest BCUT2D eigenvalue weighted by Gasteiger charge is -2.24. The summed E-state index contributed by atoms with van der Waals surface area (Å²) in [5, 5.41) is 0.560. The second kappa shape index (κ2) is 9.32. The van der Waals surface area contributed by atoms with Crippen molar-refractivity contribution in [3.63, 3.8) is 0 Å². The Balaban J connectivity index is 1.93. The number of hydrogen-bond acceptors (Lipinski definition) is 7. The summed E-state index contributed by atoms with van der Waals surface area (Å²) in [6.07, 6.45) is 1.68. The van der Waals surface area contributed by atoms with Crippen molar-refractivity contribution in [3.8, 4) is 0 Å². The monoisotopic (exact) mass is 549 g/mol. The zero-order valence-corrected chi connectivity index (χ0v) is 21.5. The fraction of sp³-hybridized carbons (Fsp3) is 0.261. The summed E-state index contributed by atoms with van der Waals surface area (Å²) >= 11 is 10.8. The molecule has 10 heteroatoms. The van der Waals surface area contributed by atoms with Gasteiger partial charge in [-0.1, -0.05) is 35.1 Å². The van der Waals surface area contributed by atoms with E-state index in [0.717, 1.165) is 10.0 Å². The number of esters is 1. The predicted molar refractivity (Wildman–Crippen MR) is 133 cm³/mol. The van der Waals surface area contributed by atoms with E-state index in [1.54, 1.807) is 50.3 Å². The second-order valence-corrected chi connectivity index (χ2v) is 9.85. The molecule has 0 amide bonds. The number of allylic oxidation sites excluding steroid dienone is 1. The number of hydrogen-bond donors (Lipinski definition) is 0. The lowest BCUT2D eigenvalue weighted by Crippen LogP contribution is -2.39. The number of furan rings is 1. The molecule has 0 aliphatic carbocycles. The predicted octanol–water partition coefficient (Wildman–Crippen LogP) is 3.87. The van der Waals surface area contributed by atoms with Crippen LogP contribution in [0.25, 0.3) is 6.08 Å². The molecule has 7 nitrogen and oxygen atoms in total. The van der Waals surface area contributed by atoms with E-state index in [1.165, 1.54) is 15.9 Å². The van der Waals surface area contributed by atoms with Crippen LogP contribution in [0.4, 0.5) is 5.88 Å². The van der Waals surface area contributed by atoms with Crippen molar-refractivity contribution in [3.05, 3.63) is 82.1 Å². The van der Waals surface area contributed by atoms with Gasteiger partial charge in [-0.25, -0.2) is 9.79 Å². The van der Waals surface area contributed by atoms with Crippen molar-refractivity contribution in [2.75, 3.05) is 25.6 Å². The Bertz CT molecular complexity index is 1430. The van der Waals surface area contributed by atoms with E-state index in [2.05, 4.69) is 20.9 Å². The largest absolute Gasteiger partial charge is 0.463 e. The quantitative estimate of drug-likeness (QED) is 0.451. The van der Waals surface area contributed by atoms with Crippen LogP contribution in [-0.2, 0) is 9.53 Å². The van der Waals surface area contributed by atoms with Crippen LogP contribution in [-0.4, -0.2) is 31.2 Å². The van der Waals surface area contributed by atoms with Gasteiger partial charge >= 0.3 is 5.97 Å². The molecule has 0 saturated carbocycles. The third kappa shape index (κ3) is 4.45. The van der Waals surface area contributed by atoms with E-state index < -0.39 is 12.0 Å². The van der Waals surface area contributed by atoms with E-state index in [-0.39, 0.29) is 12.2 Å². The highest BCUT2D eigenvalue weighted by Gasteiger charge is 2.33. The number of fused-ring (bicyclic) bond motifs is 1. The zero-order valence-electron chi connectivity index (χ0n) is 18.4. The van der Waals surface area contributed by atoms with E-state index in [9.17, 15) is 9.59 Å². The number of anilines is 1. The maximum atomic E-state index is 13.5. The minimum Gasteiger partial charge on any atom is -0.463 e. The van der Waals surface area contributed by atoms with Crippen molar-refractivity contribution in [2.45, 2.75) is 19.9 Å². The Morgan fingerprint density at radius 2 is 2.06 bits per heavy atom. The summed E-state index contributed by atoms with van der Waals surface area (Å²) in [5.74, 6) is 0.673. The fourth-order valence-corrected chi connectivity index (χ4v) is 5.45. The zero-order chi connectivity index (χ0) is 23.9. The molecule has 1 aromatic carbocycles. The van der Waals surface area contributed by atoms with Gasteiger partial charge in [-0.3, -0.25) is 9.36 Å². The molecule has 0 N–H and O–H groups in total. The van der Waals surface area contributed by atoms with Crippen molar-refractivity contribution in [1.29, 1.82) is 0 Å². The highest BCUT2D eigenvalue weighted by molar-refractivity contribution is 9.10. The molecule has 4 rings (SSSR count). The molecule has 172 valence electrons. The van der Waals surface area contributed by atoms with Crippen LogP contribution in [0.2, 0.25) is 5.02 Å². The summed E-state index contributed by atoms with van der Waals surface area (Å²) in [4.78, 5) is 33.3. The molecule has 0 fully saturated rings. The third-order valence-corrected chi connectivity index (χ3v) is 6.87. The molecule has 0 spiro atoms. The number of rotatable bonds is 5. The van der Waals surface area contributed by atoms with Gasteiger partial charge in [0, 0.05) is 31.3 Å². The first kappa shape index (κ1) is 23.5. The topological polar surface area (TPSA) is 77.0 Å². The van der Waals surface area contributed by atoms with Crippen LogP contribution >= 0.6 is 38.9 Å². The van der Waals surface area contributed by atoms with Crippen LogP contribution in [0.5, 0.6) is 0 Å². The van der Waals surface area contributed by atoms with Crippen molar-refractivity contribution in [1.82, 2.24) is 4.57 Å². The normalized spacial score (nSPS) is 15.9. The van der Waals surface area contributed by atoms with Crippen LogP contribution in [0.15, 0.2) is 60.3 Å². The number of thiazole rings is 1. The summed E-state index contributed by atoms with van der Waals surface area (Å²) in [7, 11) is 3.74. The van der Waals surface area contributed by atoms with Gasteiger partial charge in [-0.05, 0) is 47.5 Å². The Labute approximate surface area is 207 Å². The molecule has 0 saturated heterocycles. The number of carbonyl (C=O) groups excluding carboxylic acids is 1. The van der Waals surface area contributed by atoms with Gasteiger partial charge in [0.15, 0.2) is 4.80 Å². The maximum absolute atomic E-state index is 13.5. The smallest absolute Gasteiger partial charge is 0.338 e. The number of ether oxygens (including phenoxy) is 1. The van der Waals surface area contributed by atoms with Crippen molar-refractivity contribution in [2.24, 2.45) is 4.99 Å². The van der Waals surface area contributed by atoms with Gasteiger partial charge < -0.3 is 14.1 Å². The Hall–Kier alpha value is -2.62. The average Bonchev–Trinajstić information content (AvgIpc) is 3.27. The number of benzene rings is 1. The SMILES string of the molecule is CCOC(=O)C1=C(C)N=c2s/c(=C/c3cc(Br)c(N(C)C)o3)c(=O)n2[C@@H]1c1ccc(Cl)cc1. The maximum Gasteiger partial charge on any atom is 0.338 e. The average molecular weight is 551 g/mol. The molecule has 3 aromatic rings. The third-order valence-electron chi connectivity index (χ3n) is 5.07. The van der Waals surface area contributed by atoms with E-state index >= 15 is 0 Å². The highest BCUT2D eigenvalue weighted by Crippen LogP contribution is 2.32. The minimum atomic E-state index is -0.680. The van der Waals surface area contributed by atoms with Gasteiger partial charge in [0.1, 0.15) is 5.76 Å². The number of aromatic nitrogens is 1. The molecule has 1 aliphatic rings. The minimum absolute atomic E-state index is 0.217. The molecule has 1 aliphatic heterocycles. The molecule has 2 aromatic heterocycles. The van der Waals surface area contributed by atoms with Crippen molar-refractivity contribution >= 4 is 56.8 Å². The fourth-order valence-electron chi connectivity index (χ4n) is 3.63. The Morgan fingerprint density at radius 3 is 2.67 bits per heavy atom. The summed E-state index contributed by atoms with van der Waals surface area (Å²) in [5.41, 5.74) is 1.30. The summed E-state index contributed by atoms with van der Waals surface area (Å²) in [6, 6.07) is 8.19. The summed E-state index contributed by atoms with van der Waals surface area (Å²) in [6.45, 7) is 3.71. The molecular weight excluding hydrogens is 530 g/mol. The van der Waals surface area contributed by atoms with Crippen LogP contribution in [0.3, 0.4) is 0 Å². The van der Waals surface area contributed by atoms with Crippen LogP contribution in [0.1, 0.15) is 31.2 Å². The Morgan fingerprint density at radius 1 is 1.36 bits per heavy atom. The first-order valence-corrected chi connectivity index (χ1v) is 12.1. The van der Waals surface area contributed by atoms with Gasteiger partial charge in [0.25, 0.3) is 5.56 Å². The second-order valence-electron chi connectivity index (χ2n) is 7.55. The van der Waals surface area contributed by atoms with Gasteiger partial charge in [0.2, 0.25) is 5.88 Å². The lowest BCUT2D eigenvalue weighted by atomic mass is 9.96. The molecule has 1 atom stereocenters. The van der Waals surface area contributed by atoms with E-state index in [1.807, 2.05) is 19.0 Å². The van der Waals surface area contributed by atoms with Crippen LogP contribution in [0, 0.1) is 0 Å². The molecule has 33 heavy (non-hydrogen) atoms. The standard InChI is InChI=1S/C23H21BrClN3O4S/c1-5-31-22(30)18-12(2)26-23-28(19(18)13-6-8-14(25)9-7-13)20(29)17(33-23)11-15-10-16(24)21(32-15)27(3)4/h6-11,19H,5H2,1-4H3/b17-11+/t19-/m1/s1. The first-order valence-electron chi connectivity index (χ1n) is 10.1. The van der Waals surface area contributed by atoms with E-state index in [4.69, 9.17) is 20.8 Å². The van der Waals surface area contributed by atoms with Gasteiger partial charge in [-0.2, -0.15) is 0 Å². The highest BCUT2D eigenvalue weighted by atomic mass is 79.9. The van der Waals surface area contributed by atoms with Gasteiger partial charge in [0.05, 0.1) is 32.9 Å². The number of halogens is 2. The lowest BCUT2D eigenvalue weighted by molar-refractivity contribution is -0.139. The number of nitrogens with zero attached hydrogens (tertiary/aromatic N) is 3. The van der Waals surface area contributed by atoms with Crippen molar-refractivity contribution < 1.29 is 13.9 Å². The summed E-state index contributed by atoms with van der Waals surface area (Å²) < 4.78 is 13.9. The molecule has 0 unspecified atom stereocenters. The Kier molecular flexibility index (Phi) is 6.65. The molecule has 0 bridgehead atoms. The molecule has 0 radical (unpaired) electrons. The molecular formula is C23H21BrClN3O4S. The van der Waals surface area contributed by atoms with Crippen LogP contribution < -0.4 is 19.8 Å².